The van der Waals surface area contributed by atoms with Crippen molar-refractivity contribution < 1.29 is 13.2 Å². The molecule has 1 aromatic carbocycles. The zero-order valence-electron chi connectivity index (χ0n) is 10.9. The molecule has 1 fully saturated rings. The molecule has 1 heterocycles. The second-order valence-corrected chi connectivity index (χ2v) is 6.89. The summed E-state index contributed by atoms with van der Waals surface area (Å²) < 4.78 is 22.8. The minimum absolute atomic E-state index is 0.114. The number of benzene rings is 1. The molecular formula is C13H18N2O3S. The van der Waals surface area contributed by atoms with Gasteiger partial charge in [-0.15, -0.1) is 0 Å². The van der Waals surface area contributed by atoms with Gasteiger partial charge >= 0.3 is 0 Å². The van der Waals surface area contributed by atoms with Gasteiger partial charge in [-0.25, -0.2) is 8.42 Å². The van der Waals surface area contributed by atoms with Crippen LogP contribution in [0.5, 0.6) is 0 Å². The van der Waals surface area contributed by atoms with Crippen LogP contribution in [0.2, 0.25) is 0 Å². The molecule has 1 aromatic rings. The van der Waals surface area contributed by atoms with E-state index in [0.29, 0.717) is 5.56 Å². The zero-order valence-corrected chi connectivity index (χ0v) is 11.7. The molecule has 1 amide bonds. The number of likely N-dealkylation sites (tertiary alicyclic amines) is 1. The number of hydrogen-bond donors (Lipinski definition) is 1. The van der Waals surface area contributed by atoms with Crippen LogP contribution < -0.4 is 5.73 Å². The van der Waals surface area contributed by atoms with Gasteiger partial charge in [-0.2, -0.15) is 0 Å². The number of amides is 1. The fourth-order valence-corrected chi connectivity index (χ4v) is 2.89. The van der Waals surface area contributed by atoms with Gasteiger partial charge in [0.05, 0.1) is 10.5 Å². The van der Waals surface area contributed by atoms with Gasteiger partial charge in [0, 0.05) is 25.0 Å². The van der Waals surface area contributed by atoms with Crippen molar-refractivity contribution in [1.29, 1.82) is 0 Å². The van der Waals surface area contributed by atoms with E-state index >= 15 is 0 Å². The Morgan fingerprint density at radius 1 is 1.21 bits per heavy atom. The van der Waals surface area contributed by atoms with E-state index in [1.54, 1.807) is 4.90 Å². The number of nitrogens with zero attached hydrogens (tertiary/aromatic N) is 1. The molecule has 0 saturated carbocycles. The predicted octanol–water partition coefficient (Wildman–Crippen LogP) is 1.30. The van der Waals surface area contributed by atoms with Gasteiger partial charge in [0.2, 0.25) is 0 Å². The Balaban J connectivity index is 2.28. The minimum Gasteiger partial charge on any atom is -0.398 e. The summed E-state index contributed by atoms with van der Waals surface area (Å²) in [7, 11) is -3.30. The van der Waals surface area contributed by atoms with E-state index < -0.39 is 9.84 Å². The Labute approximate surface area is 113 Å². The van der Waals surface area contributed by atoms with Crippen molar-refractivity contribution in [1.82, 2.24) is 4.90 Å². The van der Waals surface area contributed by atoms with Gasteiger partial charge in [-0.1, -0.05) is 0 Å². The van der Waals surface area contributed by atoms with E-state index in [-0.39, 0.29) is 16.5 Å². The fourth-order valence-electron chi connectivity index (χ4n) is 2.23. The first-order valence-electron chi connectivity index (χ1n) is 6.28. The van der Waals surface area contributed by atoms with E-state index in [9.17, 15) is 13.2 Å². The summed E-state index contributed by atoms with van der Waals surface area (Å²) in [5, 5.41) is 0. The van der Waals surface area contributed by atoms with Gasteiger partial charge in [-0.3, -0.25) is 4.79 Å². The highest BCUT2D eigenvalue weighted by Gasteiger charge is 2.21. The molecule has 2 rings (SSSR count). The third-order valence-corrected chi connectivity index (χ3v) is 4.44. The van der Waals surface area contributed by atoms with Gasteiger partial charge in [0.15, 0.2) is 9.84 Å². The molecule has 1 aliphatic rings. The maximum atomic E-state index is 12.3. The lowest BCUT2D eigenvalue weighted by molar-refractivity contribution is 0.0725. The van der Waals surface area contributed by atoms with Gasteiger partial charge in [0.1, 0.15) is 0 Å². The van der Waals surface area contributed by atoms with Gasteiger partial charge < -0.3 is 10.6 Å². The quantitative estimate of drug-likeness (QED) is 0.829. The van der Waals surface area contributed by atoms with Crippen LogP contribution in [-0.4, -0.2) is 38.6 Å². The van der Waals surface area contributed by atoms with Crippen LogP contribution >= 0.6 is 0 Å². The van der Waals surface area contributed by atoms with Crippen LogP contribution in [-0.2, 0) is 9.84 Å². The number of rotatable bonds is 2. The third-order valence-electron chi connectivity index (χ3n) is 3.32. The van der Waals surface area contributed by atoms with Crippen molar-refractivity contribution in [3.05, 3.63) is 23.8 Å². The SMILES string of the molecule is CS(=O)(=O)c1ccc(C(=O)N2CCCCC2)c(N)c1. The lowest BCUT2D eigenvalue weighted by Gasteiger charge is -2.27. The molecule has 1 saturated heterocycles. The first kappa shape index (κ1) is 13.9. The van der Waals surface area contributed by atoms with Crippen LogP contribution in [0.4, 0.5) is 5.69 Å². The summed E-state index contributed by atoms with van der Waals surface area (Å²) in [6, 6.07) is 4.29. The molecule has 0 aromatic heterocycles. The highest BCUT2D eigenvalue weighted by molar-refractivity contribution is 7.90. The summed E-state index contributed by atoms with van der Waals surface area (Å²) in [5.74, 6) is -0.114. The number of anilines is 1. The number of nitrogens with two attached hydrogens (primary N) is 1. The fraction of sp³-hybridized carbons (Fsp3) is 0.462. The molecule has 19 heavy (non-hydrogen) atoms. The van der Waals surface area contributed by atoms with Crippen molar-refractivity contribution in [2.75, 3.05) is 25.1 Å². The topological polar surface area (TPSA) is 80.5 Å². The Hall–Kier alpha value is -1.56. The monoisotopic (exact) mass is 282 g/mol. The second-order valence-electron chi connectivity index (χ2n) is 4.87. The van der Waals surface area contributed by atoms with E-state index in [4.69, 9.17) is 5.73 Å². The average Bonchev–Trinajstić information content (AvgIpc) is 2.38. The third kappa shape index (κ3) is 3.07. The summed E-state index contributed by atoms with van der Waals surface area (Å²) >= 11 is 0. The molecule has 0 atom stereocenters. The average molecular weight is 282 g/mol. The number of carbonyl (C=O) groups excluding carboxylic acids is 1. The zero-order chi connectivity index (χ0) is 14.0. The number of hydrogen-bond acceptors (Lipinski definition) is 4. The molecular weight excluding hydrogens is 264 g/mol. The van der Waals surface area contributed by atoms with E-state index in [1.807, 2.05) is 0 Å². The number of carbonyl (C=O) groups is 1. The van der Waals surface area contributed by atoms with Crippen LogP contribution in [0, 0.1) is 0 Å². The van der Waals surface area contributed by atoms with Gasteiger partial charge in [0.25, 0.3) is 5.91 Å². The molecule has 104 valence electrons. The predicted molar refractivity (Wildman–Crippen MR) is 73.7 cm³/mol. The largest absolute Gasteiger partial charge is 0.398 e. The van der Waals surface area contributed by atoms with E-state index in [2.05, 4.69) is 0 Å². The van der Waals surface area contributed by atoms with Crippen molar-refractivity contribution in [2.45, 2.75) is 24.2 Å². The maximum absolute atomic E-state index is 12.3. The summed E-state index contributed by atoms with van der Waals surface area (Å²) in [5.41, 5.74) is 6.42. The molecule has 0 bridgehead atoms. The first-order valence-corrected chi connectivity index (χ1v) is 8.17. The van der Waals surface area contributed by atoms with E-state index in [1.165, 1.54) is 18.2 Å². The molecule has 0 unspecified atom stereocenters. The second kappa shape index (κ2) is 5.21. The Kier molecular flexibility index (Phi) is 3.80. The van der Waals surface area contributed by atoms with Crippen molar-refractivity contribution in [3.8, 4) is 0 Å². The Morgan fingerprint density at radius 2 is 1.84 bits per heavy atom. The number of sulfone groups is 1. The number of nitrogen functional groups attached to an aromatic ring is 1. The molecule has 5 nitrogen and oxygen atoms in total. The lowest BCUT2D eigenvalue weighted by atomic mass is 10.1. The summed E-state index contributed by atoms with van der Waals surface area (Å²) in [6.07, 6.45) is 4.28. The first-order chi connectivity index (χ1) is 8.89. The summed E-state index contributed by atoms with van der Waals surface area (Å²) in [6.45, 7) is 1.48. The highest BCUT2D eigenvalue weighted by Crippen LogP contribution is 2.21. The normalized spacial score (nSPS) is 16.4. The van der Waals surface area contributed by atoms with Crippen molar-refractivity contribution in [3.63, 3.8) is 0 Å². The van der Waals surface area contributed by atoms with Crippen LogP contribution in [0.3, 0.4) is 0 Å². The molecule has 2 N–H and O–H groups in total. The molecule has 0 spiro atoms. The molecule has 0 aliphatic carbocycles. The maximum Gasteiger partial charge on any atom is 0.255 e. The van der Waals surface area contributed by atoms with Crippen LogP contribution in [0.1, 0.15) is 29.6 Å². The highest BCUT2D eigenvalue weighted by atomic mass is 32.2. The Morgan fingerprint density at radius 3 is 2.37 bits per heavy atom. The molecule has 6 heteroatoms. The standard InChI is InChI=1S/C13H18N2O3S/c1-19(17,18)10-5-6-11(12(14)9-10)13(16)15-7-3-2-4-8-15/h5-6,9H,2-4,7-8,14H2,1H3. The van der Waals surface area contributed by atoms with Gasteiger partial charge in [-0.05, 0) is 37.5 Å². The van der Waals surface area contributed by atoms with Crippen molar-refractivity contribution >= 4 is 21.4 Å². The minimum atomic E-state index is -3.30. The van der Waals surface area contributed by atoms with Crippen LogP contribution in [0.25, 0.3) is 0 Å². The number of piperidine rings is 1. The molecule has 0 radical (unpaired) electrons. The lowest BCUT2D eigenvalue weighted by Crippen LogP contribution is -2.36. The molecule has 1 aliphatic heterocycles. The van der Waals surface area contributed by atoms with Crippen LogP contribution in [0.15, 0.2) is 23.1 Å². The smallest absolute Gasteiger partial charge is 0.255 e. The summed E-state index contributed by atoms with van der Waals surface area (Å²) in [4.78, 5) is 14.2. The van der Waals surface area contributed by atoms with E-state index in [0.717, 1.165) is 38.6 Å². The van der Waals surface area contributed by atoms with Crippen molar-refractivity contribution in [2.24, 2.45) is 0 Å². The Bertz CT molecular complexity index is 590.